The van der Waals surface area contributed by atoms with Gasteiger partial charge in [-0.05, 0) is 19.8 Å². The first-order valence-corrected chi connectivity index (χ1v) is 9.65. The Bertz CT molecular complexity index is 698. The fraction of sp³-hybridized carbons (Fsp3) is 0.800. The van der Waals surface area contributed by atoms with E-state index in [0.29, 0.717) is 0 Å². The van der Waals surface area contributed by atoms with Gasteiger partial charge in [0.2, 0.25) is 0 Å². The van der Waals surface area contributed by atoms with Crippen LogP contribution in [-0.4, -0.2) is 57.8 Å². The maximum atomic E-state index is 12.3. The molecule has 9 atom stereocenters. The summed E-state index contributed by atoms with van der Waals surface area (Å²) in [5, 5.41) is 22.0. The number of hydrogen-bond donors (Lipinski definition) is 2. The molecule has 2 saturated heterocycles. The van der Waals surface area contributed by atoms with Gasteiger partial charge in [0.1, 0.15) is 23.9 Å². The molecular weight excluding hydrogens is 352 g/mol. The van der Waals surface area contributed by atoms with Gasteiger partial charge in [-0.2, -0.15) is 0 Å². The largest absolute Gasteiger partial charge is 0.461 e. The quantitative estimate of drug-likeness (QED) is 0.427. The van der Waals surface area contributed by atoms with Gasteiger partial charge < -0.3 is 24.4 Å². The highest BCUT2D eigenvalue weighted by Crippen LogP contribution is 2.64. The van der Waals surface area contributed by atoms with Crippen LogP contribution >= 0.6 is 0 Å². The summed E-state index contributed by atoms with van der Waals surface area (Å²) in [5.74, 6) is -2.25. The van der Waals surface area contributed by atoms with E-state index in [4.69, 9.17) is 14.2 Å². The predicted octanol–water partition coefficient (Wildman–Crippen LogP) is 0.961. The Morgan fingerprint density at radius 1 is 1.37 bits per heavy atom. The van der Waals surface area contributed by atoms with Crippen molar-refractivity contribution in [2.75, 3.05) is 0 Å². The standard InChI is InChI=1S/C20H28O7/c1-8(2)6-11(21)25-10-7-19(4,24)13-14(20(5)17(27-20)15(13)22)16-12(10)9(3)18(23)26-16/h8,10,12-17,22,24H,3,6-7H2,1-2,4-5H3. The van der Waals surface area contributed by atoms with E-state index in [1.165, 1.54) is 0 Å². The number of fused-ring (bicyclic) bond motifs is 5. The molecule has 4 rings (SSSR count). The molecule has 2 aliphatic carbocycles. The predicted molar refractivity (Wildman–Crippen MR) is 93.4 cm³/mol. The number of aliphatic hydroxyl groups is 2. The number of esters is 2. The van der Waals surface area contributed by atoms with Crippen LogP contribution in [0.1, 0.15) is 40.5 Å². The van der Waals surface area contributed by atoms with Crippen molar-refractivity contribution in [3.8, 4) is 0 Å². The van der Waals surface area contributed by atoms with Crippen molar-refractivity contribution in [1.29, 1.82) is 0 Å². The minimum Gasteiger partial charge on any atom is -0.461 e. The molecule has 2 aliphatic heterocycles. The first kappa shape index (κ1) is 18.9. The fourth-order valence-electron chi connectivity index (χ4n) is 5.63. The average Bonchev–Trinajstić information content (AvgIpc) is 3.07. The number of ether oxygens (including phenoxy) is 3. The maximum absolute atomic E-state index is 12.3. The summed E-state index contributed by atoms with van der Waals surface area (Å²) in [6.45, 7) is 11.2. The summed E-state index contributed by atoms with van der Waals surface area (Å²) in [7, 11) is 0. The van der Waals surface area contributed by atoms with Gasteiger partial charge in [0.25, 0.3) is 0 Å². The lowest BCUT2D eigenvalue weighted by molar-refractivity contribution is -0.157. The Labute approximate surface area is 158 Å². The topological polar surface area (TPSA) is 106 Å². The average molecular weight is 380 g/mol. The molecule has 0 aromatic carbocycles. The Morgan fingerprint density at radius 2 is 2.04 bits per heavy atom. The van der Waals surface area contributed by atoms with E-state index in [-0.39, 0.29) is 36.4 Å². The van der Waals surface area contributed by atoms with E-state index in [1.807, 2.05) is 20.8 Å². The van der Waals surface area contributed by atoms with Crippen molar-refractivity contribution in [1.82, 2.24) is 0 Å². The van der Waals surface area contributed by atoms with Gasteiger partial charge in [-0.25, -0.2) is 4.79 Å². The Balaban J connectivity index is 1.72. The molecule has 7 heteroatoms. The minimum absolute atomic E-state index is 0.106. The van der Waals surface area contributed by atoms with Crippen LogP contribution < -0.4 is 0 Å². The normalized spacial score (nSPS) is 50.6. The van der Waals surface area contributed by atoms with E-state index >= 15 is 0 Å². The van der Waals surface area contributed by atoms with E-state index < -0.39 is 53.2 Å². The van der Waals surface area contributed by atoms with Crippen molar-refractivity contribution < 1.29 is 34.0 Å². The molecule has 2 N–H and O–H groups in total. The molecule has 2 heterocycles. The van der Waals surface area contributed by atoms with E-state index in [9.17, 15) is 19.8 Å². The lowest BCUT2D eigenvalue weighted by Gasteiger charge is -2.38. The number of epoxide rings is 1. The van der Waals surface area contributed by atoms with Gasteiger partial charge in [-0.15, -0.1) is 0 Å². The van der Waals surface area contributed by atoms with Crippen LogP contribution in [0, 0.1) is 23.7 Å². The summed E-state index contributed by atoms with van der Waals surface area (Å²) < 4.78 is 17.1. The maximum Gasteiger partial charge on any atom is 0.334 e. The van der Waals surface area contributed by atoms with Crippen molar-refractivity contribution in [3.05, 3.63) is 12.2 Å². The van der Waals surface area contributed by atoms with Crippen LogP contribution in [0.15, 0.2) is 12.2 Å². The third-order valence-corrected chi connectivity index (χ3v) is 6.82. The molecule has 150 valence electrons. The number of aliphatic hydroxyl groups excluding tert-OH is 1. The van der Waals surface area contributed by atoms with Gasteiger partial charge in [0, 0.05) is 30.3 Å². The number of carbonyl (C=O) groups is 2. The summed E-state index contributed by atoms with van der Waals surface area (Å²) in [5.41, 5.74) is -1.72. The molecule has 0 amide bonds. The molecule has 4 fully saturated rings. The monoisotopic (exact) mass is 380 g/mol. The molecular formula is C20H28O7. The molecule has 0 spiro atoms. The second-order valence-corrected chi connectivity index (χ2v) is 9.37. The molecule has 0 aromatic rings. The molecule has 27 heavy (non-hydrogen) atoms. The van der Waals surface area contributed by atoms with Crippen molar-refractivity contribution in [2.24, 2.45) is 23.7 Å². The smallest absolute Gasteiger partial charge is 0.334 e. The van der Waals surface area contributed by atoms with E-state index in [0.717, 1.165) is 0 Å². The minimum atomic E-state index is -1.30. The lowest BCUT2D eigenvalue weighted by atomic mass is 9.74. The van der Waals surface area contributed by atoms with Crippen LogP contribution in [0.25, 0.3) is 0 Å². The van der Waals surface area contributed by atoms with Gasteiger partial charge in [-0.3, -0.25) is 4.79 Å². The highest BCUT2D eigenvalue weighted by molar-refractivity contribution is 5.91. The van der Waals surface area contributed by atoms with Gasteiger partial charge >= 0.3 is 11.9 Å². The molecule has 9 unspecified atom stereocenters. The van der Waals surface area contributed by atoms with Crippen molar-refractivity contribution in [2.45, 2.75) is 76.2 Å². The van der Waals surface area contributed by atoms with Crippen LogP contribution in [0.5, 0.6) is 0 Å². The van der Waals surface area contributed by atoms with Gasteiger partial charge in [-0.1, -0.05) is 20.4 Å². The summed E-state index contributed by atoms with van der Waals surface area (Å²) in [6.07, 6.45) is -2.29. The molecule has 4 aliphatic rings. The highest BCUT2D eigenvalue weighted by Gasteiger charge is 2.78. The van der Waals surface area contributed by atoms with Crippen LogP contribution in [-0.2, 0) is 23.8 Å². The second kappa shape index (κ2) is 5.78. The third kappa shape index (κ3) is 2.66. The first-order valence-electron chi connectivity index (χ1n) is 9.65. The highest BCUT2D eigenvalue weighted by atomic mass is 16.6. The number of rotatable bonds is 3. The van der Waals surface area contributed by atoms with Crippen molar-refractivity contribution in [3.63, 3.8) is 0 Å². The lowest BCUT2D eigenvalue weighted by Crippen LogP contribution is -2.48. The van der Waals surface area contributed by atoms with E-state index in [2.05, 4.69) is 6.58 Å². The fourth-order valence-corrected chi connectivity index (χ4v) is 5.63. The number of hydrogen-bond acceptors (Lipinski definition) is 7. The second-order valence-electron chi connectivity index (χ2n) is 9.37. The molecule has 0 radical (unpaired) electrons. The van der Waals surface area contributed by atoms with Gasteiger partial charge in [0.15, 0.2) is 0 Å². The Kier molecular flexibility index (Phi) is 4.05. The zero-order valence-electron chi connectivity index (χ0n) is 16.2. The Hall–Kier alpha value is -1.44. The first-order chi connectivity index (χ1) is 12.5. The SMILES string of the molecule is C=C1C(=O)OC2C1C(OC(=O)CC(C)C)CC(C)(O)C1C(O)C3OC3(C)C21. The molecule has 0 aromatic heterocycles. The zero-order valence-corrected chi connectivity index (χ0v) is 16.2. The van der Waals surface area contributed by atoms with Gasteiger partial charge in [0.05, 0.1) is 17.6 Å². The zero-order chi connectivity index (χ0) is 19.9. The molecule has 2 saturated carbocycles. The molecule has 7 nitrogen and oxygen atoms in total. The summed E-state index contributed by atoms with van der Waals surface area (Å²) >= 11 is 0. The van der Waals surface area contributed by atoms with Crippen molar-refractivity contribution >= 4 is 11.9 Å². The van der Waals surface area contributed by atoms with Crippen LogP contribution in [0.2, 0.25) is 0 Å². The number of carbonyl (C=O) groups excluding carboxylic acids is 2. The van der Waals surface area contributed by atoms with E-state index in [1.54, 1.807) is 6.92 Å². The summed E-state index contributed by atoms with van der Waals surface area (Å²) in [4.78, 5) is 24.6. The van der Waals surface area contributed by atoms with Crippen LogP contribution in [0.3, 0.4) is 0 Å². The Morgan fingerprint density at radius 3 is 2.67 bits per heavy atom. The summed E-state index contributed by atoms with van der Waals surface area (Å²) in [6, 6.07) is 0. The van der Waals surface area contributed by atoms with Crippen LogP contribution in [0.4, 0.5) is 0 Å². The molecule has 0 bridgehead atoms. The third-order valence-electron chi connectivity index (χ3n) is 6.82.